The van der Waals surface area contributed by atoms with E-state index in [1.165, 1.54) is 12.1 Å². The summed E-state index contributed by atoms with van der Waals surface area (Å²) >= 11 is 0. The number of hydrogen-bond donors (Lipinski definition) is 1. The van der Waals surface area contributed by atoms with Gasteiger partial charge in [0.05, 0.1) is 5.69 Å². The van der Waals surface area contributed by atoms with Crippen LogP contribution in [0.5, 0.6) is 0 Å². The first-order valence-electron chi connectivity index (χ1n) is 4.70. The lowest BCUT2D eigenvalue weighted by molar-refractivity contribution is 0.627. The second-order valence-corrected chi connectivity index (χ2v) is 3.30. The van der Waals surface area contributed by atoms with E-state index in [9.17, 15) is 4.39 Å². The van der Waals surface area contributed by atoms with E-state index in [-0.39, 0.29) is 5.82 Å². The van der Waals surface area contributed by atoms with Crippen molar-refractivity contribution in [3.63, 3.8) is 0 Å². The summed E-state index contributed by atoms with van der Waals surface area (Å²) < 4.78 is 14.6. The molecule has 0 saturated carbocycles. The number of nitrogens with zero attached hydrogens (tertiary/aromatic N) is 2. The number of anilines is 1. The molecule has 2 rings (SSSR count). The first-order chi connectivity index (χ1) is 7.20. The Bertz CT molecular complexity index is 459. The molecule has 1 aromatic carbocycles. The van der Waals surface area contributed by atoms with Gasteiger partial charge in [0.25, 0.3) is 0 Å². The van der Waals surface area contributed by atoms with Crippen LogP contribution in [-0.4, -0.2) is 16.6 Å². The fourth-order valence-corrected chi connectivity index (χ4v) is 1.47. The second kappa shape index (κ2) is 3.73. The molecule has 0 fully saturated rings. The van der Waals surface area contributed by atoms with Gasteiger partial charge < -0.3 is 5.32 Å². The Morgan fingerprint density at radius 1 is 1.27 bits per heavy atom. The molecule has 0 aliphatic rings. The largest absolute Gasteiger partial charge is 0.358 e. The number of rotatable bonds is 2. The van der Waals surface area contributed by atoms with Crippen molar-refractivity contribution in [3.8, 4) is 5.69 Å². The summed E-state index contributed by atoms with van der Waals surface area (Å²) in [4.78, 5) is 4.29. The molecule has 4 heteroatoms. The highest BCUT2D eigenvalue weighted by molar-refractivity contribution is 5.42. The van der Waals surface area contributed by atoms with Crippen molar-refractivity contribution in [3.05, 3.63) is 42.0 Å². The molecular weight excluding hydrogens is 193 g/mol. The Balaban J connectivity index is 2.48. The SMILES string of the molecule is CNc1nc(C)cn1-c1ccc(F)cc1. The molecule has 0 spiro atoms. The second-order valence-electron chi connectivity index (χ2n) is 3.30. The molecule has 1 N–H and O–H groups in total. The Kier molecular flexibility index (Phi) is 2.41. The van der Waals surface area contributed by atoms with Crippen molar-refractivity contribution in [1.82, 2.24) is 9.55 Å². The normalized spacial score (nSPS) is 10.3. The summed E-state index contributed by atoms with van der Waals surface area (Å²) in [5.74, 6) is 0.515. The van der Waals surface area contributed by atoms with Gasteiger partial charge in [-0.05, 0) is 31.2 Å². The lowest BCUT2D eigenvalue weighted by Gasteiger charge is -2.06. The molecule has 0 aliphatic carbocycles. The summed E-state index contributed by atoms with van der Waals surface area (Å²) in [6.45, 7) is 1.92. The molecule has 0 aliphatic heterocycles. The maximum atomic E-state index is 12.7. The predicted octanol–water partition coefficient (Wildman–Crippen LogP) is 2.36. The Hall–Kier alpha value is -1.84. The van der Waals surface area contributed by atoms with E-state index in [0.717, 1.165) is 17.3 Å². The average Bonchev–Trinajstić information content (AvgIpc) is 2.61. The van der Waals surface area contributed by atoms with Gasteiger partial charge in [-0.3, -0.25) is 4.57 Å². The van der Waals surface area contributed by atoms with Crippen LogP contribution in [0.25, 0.3) is 5.69 Å². The van der Waals surface area contributed by atoms with Crippen LogP contribution in [0, 0.1) is 12.7 Å². The third-order valence-corrected chi connectivity index (χ3v) is 2.15. The highest BCUT2D eigenvalue weighted by Crippen LogP contribution is 2.16. The van der Waals surface area contributed by atoms with Gasteiger partial charge in [-0.1, -0.05) is 0 Å². The summed E-state index contributed by atoms with van der Waals surface area (Å²) in [5, 5.41) is 2.99. The number of halogens is 1. The predicted molar refractivity (Wildman–Crippen MR) is 57.8 cm³/mol. The van der Waals surface area contributed by atoms with Crippen molar-refractivity contribution in [2.75, 3.05) is 12.4 Å². The molecule has 3 nitrogen and oxygen atoms in total. The van der Waals surface area contributed by atoms with E-state index in [1.807, 2.05) is 24.7 Å². The van der Waals surface area contributed by atoms with Crippen molar-refractivity contribution < 1.29 is 4.39 Å². The Morgan fingerprint density at radius 3 is 2.53 bits per heavy atom. The zero-order valence-electron chi connectivity index (χ0n) is 8.66. The van der Waals surface area contributed by atoms with Crippen molar-refractivity contribution in [1.29, 1.82) is 0 Å². The highest BCUT2D eigenvalue weighted by atomic mass is 19.1. The van der Waals surface area contributed by atoms with E-state index < -0.39 is 0 Å². The summed E-state index contributed by atoms with van der Waals surface area (Å²) in [5.41, 5.74) is 1.81. The summed E-state index contributed by atoms with van der Waals surface area (Å²) in [7, 11) is 1.81. The van der Waals surface area contributed by atoms with E-state index in [2.05, 4.69) is 10.3 Å². The fraction of sp³-hybridized carbons (Fsp3) is 0.182. The fourth-order valence-electron chi connectivity index (χ4n) is 1.47. The average molecular weight is 205 g/mol. The maximum absolute atomic E-state index is 12.7. The van der Waals surface area contributed by atoms with Gasteiger partial charge >= 0.3 is 0 Å². The molecule has 0 radical (unpaired) electrons. The first kappa shape index (κ1) is 9.71. The van der Waals surface area contributed by atoms with Crippen LogP contribution in [0.15, 0.2) is 30.5 Å². The van der Waals surface area contributed by atoms with Crippen molar-refractivity contribution >= 4 is 5.95 Å². The minimum Gasteiger partial charge on any atom is -0.358 e. The lowest BCUT2D eigenvalue weighted by atomic mass is 10.3. The van der Waals surface area contributed by atoms with Crippen LogP contribution in [0.4, 0.5) is 10.3 Å². The molecule has 1 heterocycles. The van der Waals surface area contributed by atoms with Crippen molar-refractivity contribution in [2.24, 2.45) is 0 Å². The van der Waals surface area contributed by atoms with Gasteiger partial charge in [0.2, 0.25) is 5.95 Å². The van der Waals surface area contributed by atoms with Crippen LogP contribution in [-0.2, 0) is 0 Å². The molecule has 1 aromatic heterocycles. The zero-order valence-corrected chi connectivity index (χ0v) is 8.66. The molecule has 0 amide bonds. The van der Waals surface area contributed by atoms with Gasteiger partial charge in [-0.15, -0.1) is 0 Å². The van der Waals surface area contributed by atoms with Gasteiger partial charge in [-0.25, -0.2) is 9.37 Å². The minimum atomic E-state index is -0.235. The van der Waals surface area contributed by atoms with Crippen molar-refractivity contribution in [2.45, 2.75) is 6.92 Å². The van der Waals surface area contributed by atoms with E-state index in [4.69, 9.17) is 0 Å². The number of imidazole rings is 1. The van der Waals surface area contributed by atoms with Crippen LogP contribution >= 0.6 is 0 Å². The molecule has 78 valence electrons. The van der Waals surface area contributed by atoms with Crippen LogP contribution in [0.2, 0.25) is 0 Å². The maximum Gasteiger partial charge on any atom is 0.207 e. The van der Waals surface area contributed by atoms with E-state index in [0.29, 0.717) is 0 Å². The zero-order chi connectivity index (χ0) is 10.8. The quantitative estimate of drug-likeness (QED) is 0.815. The number of nitrogens with one attached hydrogen (secondary N) is 1. The van der Waals surface area contributed by atoms with Crippen LogP contribution < -0.4 is 5.32 Å². The molecule has 15 heavy (non-hydrogen) atoms. The number of hydrogen-bond acceptors (Lipinski definition) is 2. The van der Waals surface area contributed by atoms with Gasteiger partial charge in [0, 0.05) is 18.9 Å². The Labute approximate surface area is 87.6 Å². The third kappa shape index (κ3) is 1.83. The minimum absolute atomic E-state index is 0.235. The molecule has 0 saturated heterocycles. The topological polar surface area (TPSA) is 29.9 Å². The molecule has 2 aromatic rings. The number of aromatic nitrogens is 2. The summed E-state index contributed by atoms with van der Waals surface area (Å²) in [6.07, 6.45) is 1.90. The summed E-state index contributed by atoms with van der Waals surface area (Å²) in [6, 6.07) is 6.31. The monoisotopic (exact) mass is 205 g/mol. The number of aryl methyl sites for hydroxylation is 1. The third-order valence-electron chi connectivity index (χ3n) is 2.15. The Morgan fingerprint density at radius 2 is 1.93 bits per heavy atom. The van der Waals surface area contributed by atoms with Gasteiger partial charge in [0.15, 0.2) is 0 Å². The standard InChI is InChI=1S/C11H12FN3/c1-8-7-15(11(13-2)14-8)10-5-3-9(12)4-6-10/h3-7H,1-2H3,(H,13,14). The molecule has 0 bridgehead atoms. The molecule has 0 atom stereocenters. The number of benzene rings is 1. The van der Waals surface area contributed by atoms with E-state index >= 15 is 0 Å². The molecule has 0 unspecified atom stereocenters. The molecular formula is C11H12FN3. The van der Waals surface area contributed by atoms with Gasteiger partial charge in [0.1, 0.15) is 5.82 Å². The van der Waals surface area contributed by atoms with Gasteiger partial charge in [-0.2, -0.15) is 0 Å². The van der Waals surface area contributed by atoms with Crippen LogP contribution in [0.3, 0.4) is 0 Å². The lowest BCUT2D eigenvalue weighted by Crippen LogP contribution is -2.00. The highest BCUT2D eigenvalue weighted by Gasteiger charge is 2.05. The van der Waals surface area contributed by atoms with Crippen LogP contribution in [0.1, 0.15) is 5.69 Å². The first-order valence-corrected chi connectivity index (χ1v) is 4.70. The van der Waals surface area contributed by atoms with E-state index in [1.54, 1.807) is 12.1 Å². The smallest absolute Gasteiger partial charge is 0.207 e.